The van der Waals surface area contributed by atoms with E-state index in [9.17, 15) is 23.2 Å². The zero-order chi connectivity index (χ0) is 23.9. The first-order valence-electron chi connectivity index (χ1n) is 10.5. The largest absolute Gasteiger partial charge is 0.455 e. The summed E-state index contributed by atoms with van der Waals surface area (Å²) >= 11 is 1.48. The van der Waals surface area contributed by atoms with Gasteiger partial charge in [-0.3, -0.25) is 9.69 Å². The summed E-state index contributed by atoms with van der Waals surface area (Å²) in [6.45, 7) is 3.78. The molecule has 172 valence electrons. The summed E-state index contributed by atoms with van der Waals surface area (Å²) in [5, 5.41) is 10.7. The standard InChI is InChI=1S/C24H22F3N3O2S/c1-3-33-23-16(11-13(2)32-23)20-17(12-28)22(29)30(18-5-4-6-19(31)21(18)20)15-9-7-14(8-10-15)24(25,26)27/h7-11,20H,3-6,29H2,1-2H3. The molecule has 4 rings (SSSR count). The lowest BCUT2D eigenvalue weighted by atomic mass is 9.76. The molecule has 1 aromatic carbocycles. The van der Waals surface area contributed by atoms with Crippen LogP contribution < -0.4 is 10.6 Å². The lowest BCUT2D eigenvalue weighted by Crippen LogP contribution is -2.38. The van der Waals surface area contributed by atoms with Crippen LogP contribution in [0.5, 0.6) is 0 Å². The summed E-state index contributed by atoms with van der Waals surface area (Å²) in [6, 6.07) is 8.57. The molecule has 2 aliphatic rings. The summed E-state index contributed by atoms with van der Waals surface area (Å²) in [5.41, 5.74) is 8.06. The average Bonchev–Trinajstić information content (AvgIpc) is 3.12. The molecule has 0 saturated carbocycles. The number of anilines is 1. The number of hydrogen-bond acceptors (Lipinski definition) is 6. The van der Waals surface area contributed by atoms with Gasteiger partial charge >= 0.3 is 6.18 Å². The molecule has 0 amide bonds. The minimum absolute atomic E-state index is 0.0929. The van der Waals surface area contributed by atoms with Crippen LogP contribution >= 0.6 is 11.8 Å². The van der Waals surface area contributed by atoms with Crippen LogP contribution in [0.25, 0.3) is 0 Å². The highest BCUT2D eigenvalue weighted by Crippen LogP contribution is 2.49. The number of thioether (sulfide) groups is 1. The van der Waals surface area contributed by atoms with Crippen molar-refractivity contribution >= 4 is 23.2 Å². The Bertz CT molecular complexity index is 1200. The zero-order valence-electron chi connectivity index (χ0n) is 18.1. The molecular formula is C24H22F3N3O2S. The molecular weight excluding hydrogens is 451 g/mol. The lowest BCUT2D eigenvalue weighted by Gasteiger charge is -2.39. The van der Waals surface area contributed by atoms with Gasteiger partial charge in [-0.2, -0.15) is 18.4 Å². The number of Topliss-reactive ketones (excluding diaryl/α,β-unsaturated/α-hetero) is 1. The predicted octanol–water partition coefficient (Wildman–Crippen LogP) is 6.02. The van der Waals surface area contributed by atoms with E-state index in [1.807, 2.05) is 13.0 Å². The highest BCUT2D eigenvalue weighted by Gasteiger charge is 2.42. The number of hydrogen-bond donors (Lipinski definition) is 1. The minimum Gasteiger partial charge on any atom is -0.455 e. The summed E-state index contributed by atoms with van der Waals surface area (Å²) in [5.74, 6) is 0.750. The van der Waals surface area contributed by atoms with Gasteiger partial charge in [-0.1, -0.05) is 18.7 Å². The van der Waals surface area contributed by atoms with Gasteiger partial charge in [0.2, 0.25) is 0 Å². The number of alkyl halides is 3. The van der Waals surface area contributed by atoms with Crippen molar-refractivity contribution in [3.05, 3.63) is 69.9 Å². The Morgan fingerprint density at radius 2 is 1.97 bits per heavy atom. The molecule has 0 radical (unpaired) electrons. The molecule has 9 heteroatoms. The Balaban J connectivity index is 1.91. The lowest BCUT2D eigenvalue weighted by molar-refractivity contribution is -0.137. The molecule has 0 fully saturated rings. The van der Waals surface area contributed by atoms with E-state index in [2.05, 4.69) is 6.07 Å². The Kier molecular flexibility index (Phi) is 6.06. The number of carbonyl (C=O) groups excluding carboxylic acids is 1. The van der Waals surface area contributed by atoms with Gasteiger partial charge in [-0.25, -0.2) is 0 Å². The van der Waals surface area contributed by atoms with Crippen LogP contribution in [-0.2, 0) is 11.0 Å². The number of rotatable bonds is 4. The van der Waals surface area contributed by atoms with Crippen LogP contribution in [0.4, 0.5) is 18.9 Å². The van der Waals surface area contributed by atoms with Gasteiger partial charge in [0.25, 0.3) is 0 Å². The van der Waals surface area contributed by atoms with Crippen LogP contribution in [0.3, 0.4) is 0 Å². The summed E-state index contributed by atoms with van der Waals surface area (Å²) < 4.78 is 45.0. The second kappa shape index (κ2) is 8.67. The van der Waals surface area contributed by atoms with E-state index in [0.29, 0.717) is 52.6 Å². The number of nitrogens with zero attached hydrogens (tertiary/aromatic N) is 2. The molecule has 1 aliphatic heterocycles. The van der Waals surface area contributed by atoms with Crippen LogP contribution in [0.1, 0.15) is 49.0 Å². The zero-order valence-corrected chi connectivity index (χ0v) is 18.9. The van der Waals surface area contributed by atoms with Crippen molar-refractivity contribution in [3.8, 4) is 6.07 Å². The Labute approximate surface area is 193 Å². The SMILES string of the molecule is CCSc1oc(C)cc1C1C(C#N)=C(N)N(c2ccc(C(F)(F)F)cc2)C2=C1C(=O)CCC2. The van der Waals surface area contributed by atoms with E-state index in [-0.39, 0.29) is 17.2 Å². The van der Waals surface area contributed by atoms with Gasteiger partial charge in [-0.15, -0.1) is 0 Å². The second-order valence-corrected chi connectivity index (χ2v) is 9.13. The molecule has 2 heterocycles. The number of benzene rings is 1. The average molecular weight is 474 g/mol. The first-order valence-corrected chi connectivity index (χ1v) is 11.5. The first kappa shape index (κ1) is 23.1. The highest BCUT2D eigenvalue weighted by molar-refractivity contribution is 7.99. The normalized spacial score (nSPS) is 19.1. The van der Waals surface area contributed by atoms with Gasteiger partial charge in [0.15, 0.2) is 10.9 Å². The van der Waals surface area contributed by atoms with Gasteiger partial charge in [0.05, 0.1) is 23.1 Å². The predicted molar refractivity (Wildman–Crippen MR) is 119 cm³/mol. The molecule has 0 spiro atoms. The molecule has 1 unspecified atom stereocenters. The fourth-order valence-electron chi connectivity index (χ4n) is 4.45. The maximum Gasteiger partial charge on any atom is 0.416 e. The van der Waals surface area contributed by atoms with Crippen molar-refractivity contribution in [2.75, 3.05) is 10.7 Å². The van der Waals surface area contributed by atoms with E-state index >= 15 is 0 Å². The van der Waals surface area contributed by atoms with Crippen LogP contribution in [0.15, 0.2) is 62.5 Å². The third-order valence-corrected chi connectivity index (χ3v) is 6.67. The molecule has 1 aromatic heterocycles. The molecule has 0 saturated heterocycles. The molecule has 1 aliphatic carbocycles. The molecule has 33 heavy (non-hydrogen) atoms. The monoisotopic (exact) mass is 473 g/mol. The Morgan fingerprint density at radius 3 is 2.58 bits per heavy atom. The summed E-state index contributed by atoms with van der Waals surface area (Å²) in [7, 11) is 0. The van der Waals surface area contributed by atoms with Crippen LogP contribution in [0.2, 0.25) is 0 Å². The Morgan fingerprint density at radius 1 is 1.27 bits per heavy atom. The van der Waals surface area contributed by atoms with E-state index in [0.717, 1.165) is 17.9 Å². The van der Waals surface area contributed by atoms with E-state index in [1.165, 1.54) is 23.9 Å². The van der Waals surface area contributed by atoms with Gasteiger partial charge in [-0.05, 0) is 55.9 Å². The summed E-state index contributed by atoms with van der Waals surface area (Å²) in [4.78, 5) is 14.7. The third kappa shape index (κ3) is 4.04. The van der Waals surface area contributed by atoms with E-state index in [4.69, 9.17) is 10.2 Å². The number of aryl methyl sites for hydroxylation is 1. The van der Waals surface area contributed by atoms with Crippen LogP contribution in [0, 0.1) is 18.3 Å². The topological polar surface area (TPSA) is 83.3 Å². The van der Waals surface area contributed by atoms with Gasteiger partial charge in [0, 0.05) is 28.9 Å². The number of furan rings is 1. The van der Waals surface area contributed by atoms with Crippen molar-refractivity contribution < 1.29 is 22.4 Å². The second-order valence-electron chi connectivity index (χ2n) is 7.89. The maximum atomic E-state index is 13.2. The fraction of sp³-hybridized carbons (Fsp3) is 0.333. The maximum absolute atomic E-state index is 13.2. The quantitative estimate of drug-likeness (QED) is 0.547. The fourth-order valence-corrected chi connectivity index (χ4v) is 5.25. The summed E-state index contributed by atoms with van der Waals surface area (Å²) in [6.07, 6.45) is -3.02. The highest BCUT2D eigenvalue weighted by atomic mass is 32.2. The number of carbonyl (C=O) groups is 1. The molecule has 2 N–H and O–H groups in total. The van der Waals surface area contributed by atoms with Gasteiger partial charge < -0.3 is 10.2 Å². The van der Waals surface area contributed by atoms with Gasteiger partial charge in [0.1, 0.15) is 11.6 Å². The Hall–Kier alpha value is -3.12. The van der Waals surface area contributed by atoms with Crippen molar-refractivity contribution in [1.82, 2.24) is 0 Å². The minimum atomic E-state index is -4.47. The number of nitriles is 1. The van der Waals surface area contributed by atoms with Crippen molar-refractivity contribution in [2.45, 2.75) is 50.3 Å². The number of ketones is 1. The first-order chi connectivity index (χ1) is 15.7. The number of nitrogens with two attached hydrogens (primary N) is 1. The number of halogens is 3. The molecule has 0 bridgehead atoms. The van der Waals surface area contributed by atoms with Crippen molar-refractivity contribution in [3.63, 3.8) is 0 Å². The number of allylic oxidation sites excluding steroid dienone is 3. The molecule has 1 atom stereocenters. The van der Waals surface area contributed by atoms with Crippen molar-refractivity contribution in [1.29, 1.82) is 5.26 Å². The molecule has 2 aromatic rings. The smallest absolute Gasteiger partial charge is 0.416 e. The van der Waals surface area contributed by atoms with Crippen molar-refractivity contribution in [2.24, 2.45) is 5.73 Å². The third-order valence-electron chi connectivity index (χ3n) is 5.80. The molecule has 5 nitrogen and oxygen atoms in total. The van der Waals surface area contributed by atoms with Crippen LogP contribution in [-0.4, -0.2) is 11.5 Å². The van der Waals surface area contributed by atoms with E-state index in [1.54, 1.807) is 11.8 Å². The van der Waals surface area contributed by atoms with E-state index < -0.39 is 17.7 Å².